The Bertz CT molecular complexity index is 1310. The van der Waals surface area contributed by atoms with Crippen molar-refractivity contribution < 1.29 is 37.4 Å². The third-order valence-corrected chi connectivity index (χ3v) is 8.42. The zero-order valence-electron chi connectivity index (χ0n) is 23.6. The van der Waals surface area contributed by atoms with Gasteiger partial charge in [-0.15, -0.1) is 0 Å². The fraction of sp³-hybridized carbons (Fsp3) is 0.387. The number of carboxylic acid groups (broad SMARTS) is 1. The van der Waals surface area contributed by atoms with Crippen LogP contribution in [0.5, 0.6) is 11.5 Å². The molecule has 0 radical (unpaired) electrons. The molecule has 0 aromatic heterocycles. The highest BCUT2D eigenvalue weighted by Gasteiger charge is 2.22. The van der Waals surface area contributed by atoms with E-state index in [1.54, 1.807) is 26.0 Å². The van der Waals surface area contributed by atoms with Crippen molar-refractivity contribution in [3.8, 4) is 22.6 Å². The molecule has 7 nitrogen and oxygen atoms in total. The molecule has 3 aromatic rings. The molecule has 3 aromatic carbocycles. The normalized spacial score (nSPS) is 11.4. The van der Waals surface area contributed by atoms with E-state index in [9.17, 15) is 13.8 Å². The zero-order chi connectivity index (χ0) is 29.1. The van der Waals surface area contributed by atoms with E-state index >= 15 is 0 Å². The van der Waals surface area contributed by atoms with Crippen molar-refractivity contribution in [2.75, 3.05) is 26.0 Å². The van der Waals surface area contributed by atoms with Crippen molar-refractivity contribution in [1.82, 2.24) is 0 Å². The van der Waals surface area contributed by atoms with E-state index in [1.165, 1.54) is 6.07 Å². The van der Waals surface area contributed by atoms with Gasteiger partial charge in [-0.05, 0) is 98.2 Å². The summed E-state index contributed by atoms with van der Waals surface area (Å²) in [6.45, 7) is 9.00. The Labute approximate surface area is 235 Å². The van der Waals surface area contributed by atoms with Gasteiger partial charge in [-0.1, -0.05) is 24.3 Å². The van der Waals surface area contributed by atoms with Crippen molar-refractivity contribution in [1.29, 1.82) is 0 Å². The molecule has 0 aliphatic rings. The lowest BCUT2D eigenvalue weighted by atomic mass is 9.94. The monoisotopic (exact) mass is 572 g/mol. The predicted molar refractivity (Wildman–Crippen MR) is 154 cm³/mol. The van der Waals surface area contributed by atoms with Gasteiger partial charge in [-0.3, -0.25) is 9.36 Å². The van der Waals surface area contributed by atoms with E-state index in [-0.39, 0.29) is 19.4 Å². The molecular formula is C31H38FO7P. The number of carbonyl (C=O) groups is 1. The first-order chi connectivity index (χ1) is 19.1. The van der Waals surface area contributed by atoms with Crippen LogP contribution in [0.2, 0.25) is 0 Å². The maximum absolute atomic E-state index is 14.3. The summed E-state index contributed by atoms with van der Waals surface area (Å²) in [5.74, 6) is -0.306. The second-order valence-electron chi connectivity index (χ2n) is 9.44. The number of ether oxygens (including phenoxy) is 2. The summed E-state index contributed by atoms with van der Waals surface area (Å²) in [6.07, 6.45) is 0.868. The smallest absolute Gasteiger partial charge is 0.330 e. The lowest BCUT2D eigenvalue weighted by molar-refractivity contribution is -0.136. The maximum atomic E-state index is 14.3. The highest BCUT2D eigenvalue weighted by Crippen LogP contribution is 2.48. The molecule has 0 aliphatic carbocycles. The molecule has 9 heteroatoms. The Morgan fingerprint density at radius 3 is 2.25 bits per heavy atom. The number of carboxylic acids is 1. The van der Waals surface area contributed by atoms with E-state index in [0.717, 1.165) is 33.6 Å². The second kappa shape index (κ2) is 15.0. The average molecular weight is 573 g/mol. The molecule has 1 N–H and O–H groups in total. The maximum Gasteiger partial charge on any atom is 0.330 e. The molecule has 0 saturated heterocycles. The fourth-order valence-electron chi connectivity index (χ4n) is 4.52. The zero-order valence-corrected chi connectivity index (χ0v) is 24.5. The summed E-state index contributed by atoms with van der Waals surface area (Å²) in [7, 11) is -3.08. The lowest BCUT2D eigenvalue weighted by Crippen LogP contribution is -2.05. The van der Waals surface area contributed by atoms with Gasteiger partial charge in [-0.2, -0.15) is 0 Å². The van der Waals surface area contributed by atoms with Crippen LogP contribution in [0.25, 0.3) is 11.1 Å². The molecule has 40 heavy (non-hydrogen) atoms. The Balaban J connectivity index is 1.62. The third kappa shape index (κ3) is 9.19. The van der Waals surface area contributed by atoms with Gasteiger partial charge in [0.1, 0.15) is 23.9 Å². The minimum Gasteiger partial charge on any atom is -0.494 e. The summed E-state index contributed by atoms with van der Waals surface area (Å²) in [5.41, 5.74) is 5.53. The topological polar surface area (TPSA) is 91.3 Å². The van der Waals surface area contributed by atoms with Crippen molar-refractivity contribution in [2.45, 2.75) is 53.6 Å². The van der Waals surface area contributed by atoms with Crippen molar-refractivity contribution in [3.63, 3.8) is 0 Å². The molecule has 3 rings (SSSR count). The van der Waals surface area contributed by atoms with Crippen LogP contribution in [0.1, 0.15) is 48.9 Å². The number of aryl methyl sites for hydroxylation is 3. The first-order valence-electron chi connectivity index (χ1n) is 13.5. The summed E-state index contributed by atoms with van der Waals surface area (Å²) in [5, 5.41) is 8.81. The van der Waals surface area contributed by atoms with E-state index < -0.39 is 19.4 Å². The van der Waals surface area contributed by atoms with E-state index in [4.69, 9.17) is 23.6 Å². The molecule has 0 unspecified atom stereocenters. The molecule has 0 fully saturated rings. The van der Waals surface area contributed by atoms with Crippen LogP contribution in [-0.4, -0.2) is 37.1 Å². The SMILES string of the molecule is CCOP(=O)(CCCOc1cc(C)c(-c2cccc(COc3ccc(CCC(=O)O)c(F)c3)c2)c(C)c1)OCC. The molecule has 216 valence electrons. The van der Waals surface area contributed by atoms with Gasteiger partial charge in [0.25, 0.3) is 0 Å². The first-order valence-corrected chi connectivity index (χ1v) is 15.2. The van der Waals surface area contributed by atoms with E-state index in [2.05, 4.69) is 0 Å². The van der Waals surface area contributed by atoms with Gasteiger partial charge in [0, 0.05) is 12.5 Å². The van der Waals surface area contributed by atoms with E-state index in [1.807, 2.05) is 50.2 Å². The number of benzene rings is 3. The summed E-state index contributed by atoms with van der Waals surface area (Å²) in [4.78, 5) is 10.7. The molecule has 0 bridgehead atoms. The quantitative estimate of drug-likeness (QED) is 0.139. The van der Waals surface area contributed by atoms with Crippen molar-refractivity contribution >= 4 is 13.6 Å². The van der Waals surface area contributed by atoms with Crippen LogP contribution < -0.4 is 9.47 Å². The van der Waals surface area contributed by atoms with Crippen molar-refractivity contribution in [2.24, 2.45) is 0 Å². The van der Waals surface area contributed by atoms with Crippen LogP contribution in [0.15, 0.2) is 54.6 Å². The second-order valence-corrected chi connectivity index (χ2v) is 11.6. The Kier molecular flexibility index (Phi) is 11.7. The number of rotatable bonds is 16. The number of hydrogen-bond donors (Lipinski definition) is 1. The first kappa shape index (κ1) is 31.3. The average Bonchev–Trinajstić information content (AvgIpc) is 2.89. The largest absolute Gasteiger partial charge is 0.494 e. The highest BCUT2D eigenvalue weighted by molar-refractivity contribution is 7.53. The van der Waals surface area contributed by atoms with E-state index in [0.29, 0.717) is 43.7 Å². The molecule has 0 aliphatic heterocycles. The van der Waals surface area contributed by atoms with Gasteiger partial charge in [-0.25, -0.2) is 4.39 Å². The summed E-state index contributed by atoms with van der Waals surface area (Å²) in [6, 6.07) is 16.5. The number of halogens is 1. The minimum atomic E-state index is -3.08. The molecule has 0 saturated carbocycles. The minimum absolute atomic E-state index is 0.123. The Morgan fingerprint density at radius 2 is 1.62 bits per heavy atom. The van der Waals surface area contributed by atoms with Crippen molar-refractivity contribution in [3.05, 3.63) is 82.7 Å². The number of aliphatic carboxylic acids is 1. The van der Waals surface area contributed by atoms with Crippen LogP contribution in [-0.2, 0) is 31.4 Å². The fourth-order valence-corrected chi connectivity index (χ4v) is 6.15. The van der Waals surface area contributed by atoms with Crippen LogP contribution in [0.4, 0.5) is 4.39 Å². The van der Waals surface area contributed by atoms with Gasteiger partial charge >= 0.3 is 13.6 Å². The molecule has 0 spiro atoms. The van der Waals surface area contributed by atoms with Gasteiger partial charge in [0.15, 0.2) is 0 Å². The number of hydrogen-bond acceptors (Lipinski definition) is 6. The lowest BCUT2D eigenvalue weighted by Gasteiger charge is -2.17. The molecule has 0 heterocycles. The Hall–Kier alpha value is -3.19. The Morgan fingerprint density at radius 1 is 0.925 bits per heavy atom. The third-order valence-electron chi connectivity index (χ3n) is 6.26. The molecule has 0 amide bonds. The van der Waals surface area contributed by atoms with Crippen LogP contribution >= 0.6 is 7.60 Å². The molecular weight excluding hydrogens is 534 g/mol. The summed E-state index contributed by atoms with van der Waals surface area (Å²) >= 11 is 0. The standard InChI is InChI=1S/C31H38FO7P/c1-5-38-40(35,39-6-2)16-8-15-36-28-17-22(3)31(23(4)18-28)26-10-7-9-24(19-26)21-37-27-13-11-25(29(32)20-27)12-14-30(33)34/h7,9-11,13,17-20H,5-6,8,12,14-16,21H2,1-4H3,(H,33,34). The summed E-state index contributed by atoms with van der Waals surface area (Å²) < 4.78 is 49.4. The van der Waals surface area contributed by atoms with Gasteiger partial charge < -0.3 is 23.6 Å². The molecule has 0 atom stereocenters. The van der Waals surface area contributed by atoms with Crippen LogP contribution in [0, 0.1) is 19.7 Å². The van der Waals surface area contributed by atoms with Gasteiger partial charge in [0.05, 0.1) is 26.0 Å². The van der Waals surface area contributed by atoms with Crippen LogP contribution in [0.3, 0.4) is 0 Å². The van der Waals surface area contributed by atoms with Gasteiger partial charge in [0.2, 0.25) is 0 Å². The highest BCUT2D eigenvalue weighted by atomic mass is 31.2. The predicted octanol–water partition coefficient (Wildman–Crippen LogP) is 7.74.